The van der Waals surface area contributed by atoms with Crippen LogP contribution in [-0.4, -0.2) is 49.1 Å². The van der Waals surface area contributed by atoms with E-state index in [1.165, 1.54) is 0 Å². The van der Waals surface area contributed by atoms with Gasteiger partial charge < -0.3 is 15.1 Å². The molecule has 1 aromatic carbocycles. The van der Waals surface area contributed by atoms with Gasteiger partial charge in [0.15, 0.2) is 0 Å². The Morgan fingerprint density at radius 2 is 1.83 bits per heavy atom. The van der Waals surface area contributed by atoms with Crippen LogP contribution in [0.3, 0.4) is 0 Å². The fourth-order valence-corrected chi connectivity index (χ4v) is 2.07. The third-order valence-corrected chi connectivity index (χ3v) is 3.43. The lowest BCUT2D eigenvalue weighted by Crippen LogP contribution is -2.48. The number of benzene rings is 1. The summed E-state index contributed by atoms with van der Waals surface area (Å²) in [5.74, 6) is 0. The topological polar surface area (TPSA) is 35.6 Å². The molecule has 0 aliphatic carbocycles. The number of piperazine rings is 1. The molecule has 4 nitrogen and oxygen atoms in total. The maximum atomic E-state index is 12.1. The largest absolute Gasteiger partial charge is 0.322 e. The van der Waals surface area contributed by atoms with Gasteiger partial charge in [0, 0.05) is 31.9 Å². The molecule has 2 amide bonds. The van der Waals surface area contributed by atoms with Gasteiger partial charge in [-0.3, -0.25) is 0 Å². The van der Waals surface area contributed by atoms with E-state index in [0.717, 1.165) is 43.0 Å². The number of rotatable bonds is 1. The Bertz CT molecular complexity index is 437. The lowest BCUT2D eigenvalue weighted by molar-refractivity contribution is 0.164. The molecule has 4 heteroatoms. The fourth-order valence-electron chi connectivity index (χ4n) is 2.07. The Hall–Kier alpha value is -1.55. The van der Waals surface area contributed by atoms with Gasteiger partial charge in [0.1, 0.15) is 0 Å². The third kappa shape index (κ3) is 3.01. The summed E-state index contributed by atoms with van der Waals surface area (Å²) in [7, 11) is 2.08. The molecule has 18 heavy (non-hydrogen) atoms. The number of aryl methyl sites for hydroxylation is 2. The van der Waals surface area contributed by atoms with Gasteiger partial charge in [0.05, 0.1) is 0 Å². The minimum atomic E-state index is 0.0109. The van der Waals surface area contributed by atoms with Crippen molar-refractivity contribution in [3.8, 4) is 0 Å². The van der Waals surface area contributed by atoms with E-state index in [1.54, 1.807) is 0 Å². The first-order valence-electron chi connectivity index (χ1n) is 6.38. The zero-order valence-corrected chi connectivity index (χ0v) is 11.4. The predicted octanol–water partition coefficient (Wildman–Crippen LogP) is 2.08. The van der Waals surface area contributed by atoms with Crippen molar-refractivity contribution in [1.29, 1.82) is 0 Å². The summed E-state index contributed by atoms with van der Waals surface area (Å²) in [5, 5.41) is 3.00. The van der Waals surface area contributed by atoms with E-state index in [2.05, 4.69) is 23.3 Å². The van der Waals surface area contributed by atoms with Crippen molar-refractivity contribution < 1.29 is 4.79 Å². The molecule has 0 bridgehead atoms. The van der Waals surface area contributed by atoms with E-state index in [-0.39, 0.29) is 6.03 Å². The number of hydrogen-bond acceptors (Lipinski definition) is 2. The Labute approximate surface area is 109 Å². The second-order valence-electron chi connectivity index (χ2n) is 5.04. The number of hydrogen-bond donors (Lipinski definition) is 1. The highest BCUT2D eigenvalue weighted by molar-refractivity contribution is 5.90. The summed E-state index contributed by atoms with van der Waals surface area (Å²) >= 11 is 0. The van der Waals surface area contributed by atoms with Crippen molar-refractivity contribution in [1.82, 2.24) is 9.80 Å². The van der Waals surface area contributed by atoms with Crippen LogP contribution in [-0.2, 0) is 0 Å². The molecule has 1 aromatic rings. The Kier molecular flexibility index (Phi) is 3.87. The molecule has 1 fully saturated rings. The summed E-state index contributed by atoms with van der Waals surface area (Å²) in [5.41, 5.74) is 3.18. The molecule has 1 N–H and O–H groups in total. The van der Waals surface area contributed by atoms with Crippen LogP contribution in [0.2, 0.25) is 0 Å². The van der Waals surface area contributed by atoms with E-state index in [1.807, 2.05) is 30.9 Å². The number of carbonyl (C=O) groups is 1. The summed E-state index contributed by atoms with van der Waals surface area (Å²) < 4.78 is 0. The number of nitrogens with one attached hydrogen (secondary N) is 1. The van der Waals surface area contributed by atoms with Crippen LogP contribution in [0.25, 0.3) is 0 Å². The predicted molar refractivity (Wildman–Crippen MR) is 74.0 cm³/mol. The smallest absolute Gasteiger partial charge is 0.321 e. The minimum Gasteiger partial charge on any atom is -0.322 e. The van der Waals surface area contributed by atoms with Crippen LogP contribution in [0.4, 0.5) is 10.5 Å². The number of amides is 2. The van der Waals surface area contributed by atoms with E-state index < -0.39 is 0 Å². The molecular formula is C14H21N3O. The van der Waals surface area contributed by atoms with Gasteiger partial charge in [-0.05, 0) is 38.1 Å². The van der Waals surface area contributed by atoms with Crippen LogP contribution >= 0.6 is 0 Å². The molecule has 98 valence electrons. The maximum absolute atomic E-state index is 12.1. The molecule has 0 radical (unpaired) electrons. The van der Waals surface area contributed by atoms with Crippen molar-refractivity contribution in [2.45, 2.75) is 13.8 Å². The van der Waals surface area contributed by atoms with Crippen LogP contribution in [0.1, 0.15) is 11.1 Å². The summed E-state index contributed by atoms with van der Waals surface area (Å²) in [6.45, 7) is 7.53. The number of carbonyl (C=O) groups excluding carboxylic acids is 1. The van der Waals surface area contributed by atoms with E-state index in [0.29, 0.717) is 0 Å². The van der Waals surface area contributed by atoms with Gasteiger partial charge in [0.25, 0.3) is 0 Å². The molecule has 0 aromatic heterocycles. The first-order valence-corrected chi connectivity index (χ1v) is 6.38. The third-order valence-electron chi connectivity index (χ3n) is 3.43. The molecule has 0 unspecified atom stereocenters. The van der Waals surface area contributed by atoms with Crippen LogP contribution < -0.4 is 5.32 Å². The van der Waals surface area contributed by atoms with Crippen molar-refractivity contribution in [3.05, 3.63) is 29.3 Å². The number of likely N-dealkylation sites (N-methyl/N-ethyl adjacent to an activating group) is 1. The first kappa shape index (κ1) is 12.9. The Balaban J connectivity index is 2.00. The van der Waals surface area contributed by atoms with Crippen molar-refractivity contribution in [2.75, 3.05) is 38.5 Å². The molecule has 1 aliphatic heterocycles. The number of urea groups is 1. The quantitative estimate of drug-likeness (QED) is 0.824. The normalized spacial score (nSPS) is 16.7. The molecule has 1 saturated heterocycles. The fraction of sp³-hybridized carbons (Fsp3) is 0.500. The highest BCUT2D eigenvalue weighted by Crippen LogP contribution is 2.17. The highest BCUT2D eigenvalue weighted by atomic mass is 16.2. The van der Waals surface area contributed by atoms with E-state index in [9.17, 15) is 4.79 Å². The molecular weight excluding hydrogens is 226 g/mol. The van der Waals surface area contributed by atoms with Crippen LogP contribution in [0, 0.1) is 13.8 Å². The first-order chi connectivity index (χ1) is 8.56. The second-order valence-corrected chi connectivity index (χ2v) is 5.04. The van der Waals surface area contributed by atoms with Gasteiger partial charge in [-0.25, -0.2) is 4.79 Å². The molecule has 0 spiro atoms. The van der Waals surface area contributed by atoms with Crippen molar-refractivity contribution in [2.24, 2.45) is 0 Å². The summed E-state index contributed by atoms with van der Waals surface area (Å²) in [6.07, 6.45) is 0. The van der Waals surface area contributed by atoms with E-state index in [4.69, 9.17) is 0 Å². The van der Waals surface area contributed by atoms with Crippen LogP contribution in [0.5, 0.6) is 0 Å². The van der Waals surface area contributed by atoms with Gasteiger partial charge in [0.2, 0.25) is 0 Å². The van der Waals surface area contributed by atoms with Gasteiger partial charge in [-0.2, -0.15) is 0 Å². The zero-order valence-electron chi connectivity index (χ0n) is 11.4. The van der Waals surface area contributed by atoms with Gasteiger partial charge in [-0.1, -0.05) is 12.1 Å². The Morgan fingerprint density at radius 1 is 1.17 bits per heavy atom. The summed E-state index contributed by atoms with van der Waals surface area (Å²) in [4.78, 5) is 16.2. The van der Waals surface area contributed by atoms with Crippen molar-refractivity contribution >= 4 is 11.7 Å². The molecule has 2 rings (SSSR count). The molecule has 0 atom stereocenters. The molecule has 1 heterocycles. The average Bonchev–Trinajstić information content (AvgIpc) is 2.34. The summed E-state index contributed by atoms with van der Waals surface area (Å²) in [6, 6.07) is 6.12. The molecule has 1 aliphatic rings. The monoisotopic (exact) mass is 247 g/mol. The highest BCUT2D eigenvalue weighted by Gasteiger charge is 2.19. The van der Waals surface area contributed by atoms with Crippen molar-refractivity contribution in [3.63, 3.8) is 0 Å². The molecule has 0 saturated carbocycles. The van der Waals surface area contributed by atoms with Crippen LogP contribution in [0.15, 0.2) is 18.2 Å². The lowest BCUT2D eigenvalue weighted by atomic mass is 10.1. The van der Waals surface area contributed by atoms with Gasteiger partial charge >= 0.3 is 6.03 Å². The SMILES string of the molecule is Cc1ccc(C)c(NC(=O)N2CCN(C)CC2)c1. The maximum Gasteiger partial charge on any atom is 0.321 e. The number of anilines is 1. The standard InChI is InChI=1S/C14H21N3O/c1-11-4-5-12(2)13(10-11)15-14(18)17-8-6-16(3)7-9-17/h4-5,10H,6-9H2,1-3H3,(H,15,18). The lowest BCUT2D eigenvalue weighted by Gasteiger charge is -2.32. The van der Waals surface area contributed by atoms with Gasteiger partial charge in [-0.15, -0.1) is 0 Å². The Morgan fingerprint density at radius 3 is 2.50 bits per heavy atom. The van der Waals surface area contributed by atoms with E-state index >= 15 is 0 Å². The zero-order chi connectivity index (χ0) is 13.1. The average molecular weight is 247 g/mol. The second kappa shape index (κ2) is 5.40. The minimum absolute atomic E-state index is 0.0109. The number of nitrogens with zero attached hydrogens (tertiary/aromatic N) is 2.